The molecular formula is C12H15N3O2. The number of rotatable bonds is 3. The third-order valence-electron chi connectivity index (χ3n) is 2.49. The summed E-state index contributed by atoms with van der Waals surface area (Å²) >= 11 is 0. The Kier molecular flexibility index (Phi) is 3.59. The highest BCUT2D eigenvalue weighted by molar-refractivity contribution is 5.86. The molecule has 5 nitrogen and oxygen atoms in total. The van der Waals surface area contributed by atoms with Gasteiger partial charge in [0.15, 0.2) is 11.5 Å². The first-order valence-corrected chi connectivity index (χ1v) is 5.49. The number of aromatic hydroxyl groups is 1. The number of aliphatic imine (C=N–C) groups is 1. The Balaban J connectivity index is 2.00. The summed E-state index contributed by atoms with van der Waals surface area (Å²) in [5.41, 5.74) is 3.75. The summed E-state index contributed by atoms with van der Waals surface area (Å²) in [6, 6.07) is 5.06. The van der Waals surface area contributed by atoms with Gasteiger partial charge in [0.25, 0.3) is 0 Å². The standard InChI is InChI=1S/C12H15N3O2/c1-17-11-7-9(4-5-10(11)16)8-14-15-12-3-2-6-13-12/h4-5,7-8,16H,2-3,6H2,1H3,(H,13,15)/b14-8+. The van der Waals surface area contributed by atoms with Crippen LogP contribution in [-0.4, -0.2) is 30.8 Å². The van der Waals surface area contributed by atoms with Crippen LogP contribution in [-0.2, 0) is 0 Å². The molecule has 0 saturated carbocycles. The molecule has 90 valence electrons. The monoisotopic (exact) mass is 233 g/mol. The van der Waals surface area contributed by atoms with Crippen molar-refractivity contribution in [3.63, 3.8) is 0 Å². The molecule has 17 heavy (non-hydrogen) atoms. The minimum absolute atomic E-state index is 0.123. The van der Waals surface area contributed by atoms with Gasteiger partial charge in [0.2, 0.25) is 0 Å². The number of nitrogens with one attached hydrogen (secondary N) is 1. The van der Waals surface area contributed by atoms with Gasteiger partial charge in [-0.1, -0.05) is 0 Å². The number of hydrogen-bond donors (Lipinski definition) is 2. The van der Waals surface area contributed by atoms with E-state index in [-0.39, 0.29) is 5.75 Å². The fraction of sp³-hybridized carbons (Fsp3) is 0.333. The molecule has 5 heteroatoms. The van der Waals surface area contributed by atoms with E-state index in [1.807, 2.05) is 0 Å². The van der Waals surface area contributed by atoms with Crippen LogP contribution in [0.4, 0.5) is 0 Å². The van der Waals surface area contributed by atoms with Gasteiger partial charge in [-0.2, -0.15) is 5.10 Å². The van der Waals surface area contributed by atoms with Gasteiger partial charge < -0.3 is 9.84 Å². The van der Waals surface area contributed by atoms with Gasteiger partial charge in [0, 0.05) is 13.0 Å². The quantitative estimate of drug-likeness (QED) is 0.614. The highest BCUT2D eigenvalue weighted by Crippen LogP contribution is 2.25. The zero-order valence-corrected chi connectivity index (χ0v) is 9.68. The molecule has 1 aliphatic rings. The Morgan fingerprint density at radius 1 is 1.53 bits per heavy atom. The van der Waals surface area contributed by atoms with Gasteiger partial charge in [-0.3, -0.25) is 10.4 Å². The highest BCUT2D eigenvalue weighted by atomic mass is 16.5. The lowest BCUT2D eigenvalue weighted by atomic mass is 10.2. The van der Waals surface area contributed by atoms with Gasteiger partial charge in [-0.25, -0.2) is 0 Å². The fourth-order valence-electron chi connectivity index (χ4n) is 1.59. The molecule has 0 saturated heterocycles. The predicted octanol–water partition coefficient (Wildman–Crippen LogP) is 1.52. The largest absolute Gasteiger partial charge is 0.504 e. The van der Waals surface area contributed by atoms with E-state index in [0.717, 1.165) is 30.8 Å². The smallest absolute Gasteiger partial charge is 0.161 e. The molecule has 0 spiro atoms. The van der Waals surface area contributed by atoms with Crippen molar-refractivity contribution < 1.29 is 9.84 Å². The molecule has 0 aromatic heterocycles. The van der Waals surface area contributed by atoms with Crippen molar-refractivity contribution >= 4 is 12.1 Å². The summed E-state index contributed by atoms with van der Waals surface area (Å²) in [7, 11) is 1.52. The van der Waals surface area contributed by atoms with Crippen molar-refractivity contribution in [2.75, 3.05) is 13.7 Å². The van der Waals surface area contributed by atoms with Crippen LogP contribution in [0.25, 0.3) is 0 Å². The van der Waals surface area contributed by atoms with Crippen LogP contribution < -0.4 is 10.2 Å². The second-order valence-electron chi connectivity index (χ2n) is 3.73. The topological polar surface area (TPSA) is 66.2 Å². The Morgan fingerprint density at radius 2 is 2.41 bits per heavy atom. The molecule has 0 fully saturated rings. The second kappa shape index (κ2) is 5.34. The SMILES string of the molecule is COc1cc(/C=N/NC2=NCCC2)ccc1O. The van der Waals surface area contributed by atoms with E-state index in [9.17, 15) is 5.11 Å². The summed E-state index contributed by atoms with van der Waals surface area (Å²) in [6.45, 7) is 0.880. The number of phenolic OH excluding ortho intramolecular Hbond substituents is 1. The van der Waals surface area contributed by atoms with Crippen LogP contribution >= 0.6 is 0 Å². The summed E-state index contributed by atoms with van der Waals surface area (Å²) in [4.78, 5) is 4.24. The molecule has 0 unspecified atom stereocenters. The lowest BCUT2D eigenvalue weighted by Crippen LogP contribution is -2.14. The van der Waals surface area contributed by atoms with Crippen LogP contribution in [0, 0.1) is 0 Å². The van der Waals surface area contributed by atoms with E-state index in [4.69, 9.17) is 4.74 Å². The maximum atomic E-state index is 9.43. The number of hydrogen-bond acceptors (Lipinski definition) is 5. The molecule has 0 radical (unpaired) electrons. The van der Waals surface area contributed by atoms with Crippen molar-refractivity contribution in [3.8, 4) is 11.5 Å². The average molecular weight is 233 g/mol. The van der Waals surface area contributed by atoms with Crippen LogP contribution in [0.5, 0.6) is 11.5 Å². The van der Waals surface area contributed by atoms with Gasteiger partial charge >= 0.3 is 0 Å². The van der Waals surface area contributed by atoms with Crippen molar-refractivity contribution in [1.29, 1.82) is 0 Å². The van der Waals surface area contributed by atoms with Crippen molar-refractivity contribution in [3.05, 3.63) is 23.8 Å². The molecule has 0 atom stereocenters. The lowest BCUT2D eigenvalue weighted by molar-refractivity contribution is 0.373. The maximum Gasteiger partial charge on any atom is 0.161 e. The first kappa shape index (κ1) is 11.4. The zero-order valence-electron chi connectivity index (χ0n) is 9.68. The van der Waals surface area contributed by atoms with Crippen LogP contribution in [0.2, 0.25) is 0 Å². The van der Waals surface area contributed by atoms with E-state index in [0.29, 0.717) is 5.75 Å². The van der Waals surface area contributed by atoms with Gasteiger partial charge in [0.1, 0.15) is 5.84 Å². The number of phenols is 1. The Morgan fingerprint density at radius 3 is 3.12 bits per heavy atom. The molecule has 0 bridgehead atoms. The number of ether oxygens (including phenoxy) is 1. The summed E-state index contributed by atoms with van der Waals surface area (Å²) in [6.07, 6.45) is 3.71. The van der Waals surface area contributed by atoms with Crippen LogP contribution in [0.3, 0.4) is 0 Å². The van der Waals surface area contributed by atoms with Gasteiger partial charge in [-0.15, -0.1) is 0 Å². The molecule has 0 aliphatic carbocycles. The van der Waals surface area contributed by atoms with Crippen LogP contribution in [0.15, 0.2) is 28.3 Å². The number of benzene rings is 1. The maximum absolute atomic E-state index is 9.43. The Bertz CT molecular complexity index is 455. The minimum atomic E-state index is 0.123. The van der Waals surface area contributed by atoms with E-state index in [2.05, 4.69) is 15.5 Å². The molecule has 1 aromatic rings. The molecule has 1 heterocycles. The highest BCUT2D eigenvalue weighted by Gasteiger charge is 2.04. The zero-order chi connectivity index (χ0) is 12.1. The van der Waals surface area contributed by atoms with E-state index in [1.54, 1.807) is 24.4 Å². The van der Waals surface area contributed by atoms with Crippen molar-refractivity contribution in [2.24, 2.45) is 10.1 Å². The third kappa shape index (κ3) is 2.96. The van der Waals surface area contributed by atoms with Crippen molar-refractivity contribution in [1.82, 2.24) is 5.43 Å². The first-order valence-electron chi connectivity index (χ1n) is 5.49. The lowest BCUT2D eigenvalue weighted by Gasteiger charge is -2.03. The molecule has 0 amide bonds. The van der Waals surface area contributed by atoms with Gasteiger partial charge in [-0.05, 0) is 30.2 Å². The molecule has 2 N–H and O–H groups in total. The number of nitrogens with zero attached hydrogens (tertiary/aromatic N) is 2. The average Bonchev–Trinajstić information content (AvgIpc) is 2.84. The molecule has 1 aliphatic heterocycles. The van der Waals surface area contributed by atoms with E-state index < -0.39 is 0 Å². The number of amidine groups is 1. The van der Waals surface area contributed by atoms with E-state index in [1.165, 1.54) is 7.11 Å². The summed E-state index contributed by atoms with van der Waals surface area (Å²) < 4.78 is 5.01. The first-order chi connectivity index (χ1) is 8.29. The molecule has 1 aromatic carbocycles. The normalized spacial score (nSPS) is 15.0. The van der Waals surface area contributed by atoms with Crippen LogP contribution in [0.1, 0.15) is 18.4 Å². The molecule has 2 rings (SSSR count). The second-order valence-corrected chi connectivity index (χ2v) is 3.73. The fourth-order valence-corrected chi connectivity index (χ4v) is 1.59. The van der Waals surface area contributed by atoms with Crippen molar-refractivity contribution in [2.45, 2.75) is 12.8 Å². The Hall–Kier alpha value is -2.04. The summed E-state index contributed by atoms with van der Waals surface area (Å²) in [5, 5.41) is 13.5. The third-order valence-corrected chi connectivity index (χ3v) is 2.49. The Labute approximate surface area is 99.8 Å². The number of methoxy groups -OCH3 is 1. The number of hydrazone groups is 1. The summed E-state index contributed by atoms with van der Waals surface area (Å²) in [5.74, 6) is 1.48. The van der Waals surface area contributed by atoms with E-state index >= 15 is 0 Å². The predicted molar refractivity (Wildman–Crippen MR) is 66.9 cm³/mol. The van der Waals surface area contributed by atoms with Gasteiger partial charge in [0.05, 0.1) is 13.3 Å². The minimum Gasteiger partial charge on any atom is -0.504 e. The molecular weight excluding hydrogens is 218 g/mol.